The van der Waals surface area contributed by atoms with Crippen LogP contribution >= 0.6 is 0 Å². The minimum Gasteiger partial charge on any atom is -0.304 e. The minimum atomic E-state index is 0.174. The molecule has 2 aliphatic rings. The molecular weight excluding hydrogens is 188 g/mol. The van der Waals surface area contributed by atoms with Gasteiger partial charge < -0.3 is 4.90 Å². The minimum absolute atomic E-state index is 0.174. The van der Waals surface area contributed by atoms with E-state index in [0.29, 0.717) is 6.04 Å². The summed E-state index contributed by atoms with van der Waals surface area (Å²) in [4.78, 5) is 4.89. The van der Waals surface area contributed by atoms with Gasteiger partial charge in [-0.25, -0.2) is 5.01 Å². The highest BCUT2D eigenvalue weighted by Crippen LogP contribution is 2.31. The predicted molar refractivity (Wildman–Crippen MR) is 62.4 cm³/mol. The third-order valence-corrected chi connectivity index (χ3v) is 4.06. The molecule has 0 radical (unpaired) electrons. The molecule has 0 spiro atoms. The summed E-state index contributed by atoms with van der Waals surface area (Å²) in [7, 11) is 4.33. The van der Waals surface area contributed by atoms with Crippen LogP contribution in [0, 0.1) is 0 Å². The Bertz CT molecular complexity index is 233. The molecule has 88 valence electrons. The third kappa shape index (κ3) is 2.04. The van der Waals surface area contributed by atoms with Crippen LogP contribution in [0.1, 0.15) is 20.3 Å². The van der Waals surface area contributed by atoms with Gasteiger partial charge in [-0.05, 0) is 34.4 Å². The van der Waals surface area contributed by atoms with E-state index < -0.39 is 0 Å². The lowest BCUT2D eigenvalue weighted by Gasteiger charge is -2.46. The van der Waals surface area contributed by atoms with E-state index in [1.807, 2.05) is 5.01 Å². The SMILES string of the molecule is CN(C)C1CN([C@@H]2CN(N)C(C)(C)C2)C1. The van der Waals surface area contributed by atoms with Crippen molar-refractivity contribution in [3.05, 3.63) is 0 Å². The molecule has 4 nitrogen and oxygen atoms in total. The van der Waals surface area contributed by atoms with Crippen LogP contribution in [0.25, 0.3) is 0 Å². The molecule has 4 heteroatoms. The molecule has 0 saturated carbocycles. The normalized spacial score (nSPS) is 33.6. The highest BCUT2D eigenvalue weighted by Gasteiger charge is 2.43. The van der Waals surface area contributed by atoms with E-state index in [9.17, 15) is 0 Å². The first-order valence-corrected chi connectivity index (χ1v) is 5.83. The molecule has 0 unspecified atom stereocenters. The van der Waals surface area contributed by atoms with Gasteiger partial charge in [0.1, 0.15) is 0 Å². The van der Waals surface area contributed by atoms with Crippen molar-refractivity contribution in [2.45, 2.75) is 37.9 Å². The van der Waals surface area contributed by atoms with E-state index in [0.717, 1.165) is 12.6 Å². The molecule has 0 aromatic carbocycles. The smallest absolute Gasteiger partial charge is 0.0344 e. The monoisotopic (exact) mass is 212 g/mol. The summed E-state index contributed by atoms with van der Waals surface area (Å²) in [5.74, 6) is 6.01. The van der Waals surface area contributed by atoms with Crippen molar-refractivity contribution >= 4 is 0 Å². The zero-order chi connectivity index (χ0) is 11.2. The Morgan fingerprint density at radius 1 is 1.20 bits per heavy atom. The van der Waals surface area contributed by atoms with Crippen molar-refractivity contribution < 1.29 is 0 Å². The van der Waals surface area contributed by atoms with Crippen molar-refractivity contribution in [1.82, 2.24) is 14.8 Å². The van der Waals surface area contributed by atoms with Crippen molar-refractivity contribution in [3.8, 4) is 0 Å². The molecular formula is C11H24N4. The van der Waals surface area contributed by atoms with Crippen molar-refractivity contribution in [3.63, 3.8) is 0 Å². The van der Waals surface area contributed by atoms with Crippen LogP contribution in [0.15, 0.2) is 0 Å². The van der Waals surface area contributed by atoms with Gasteiger partial charge in [0.2, 0.25) is 0 Å². The maximum atomic E-state index is 6.01. The summed E-state index contributed by atoms with van der Waals surface area (Å²) >= 11 is 0. The van der Waals surface area contributed by atoms with Crippen molar-refractivity contribution in [2.75, 3.05) is 33.7 Å². The van der Waals surface area contributed by atoms with Gasteiger partial charge in [-0.15, -0.1) is 0 Å². The summed E-state index contributed by atoms with van der Waals surface area (Å²) in [6, 6.07) is 1.42. The van der Waals surface area contributed by atoms with Gasteiger partial charge in [-0.1, -0.05) is 0 Å². The van der Waals surface area contributed by atoms with Crippen LogP contribution in [0.5, 0.6) is 0 Å². The third-order valence-electron chi connectivity index (χ3n) is 4.06. The molecule has 2 aliphatic heterocycles. The summed E-state index contributed by atoms with van der Waals surface area (Å²) in [6.07, 6.45) is 1.20. The zero-order valence-electron chi connectivity index (χ0n) is 10.4. The Balaban J connectivity index is 1.84. The Morgan fingerprint density at radius 2 is 1.80 bits per heavy atom. The number of hydrogen-bond donors (Lipinski definition) is 1. The van der Waals surface area contributed by atoms with Gasteiger partial charge in [0.05, 0.1) is 0 Å². The topological polar surface area (TPSA) is 35.7 Å². The van der Waals surface area contributed by atoms with Crippen molar-refractivity contribution in [2.24, 2.45) is 5.84 Å². The number of hydrazine groups is 1. The molecule has 2 N–H and O–H groups in total. The zero-order valence-corrected chi connectivity index (χ0v) is 10.4. The maximum absolute atomic E-state index is 6.01. The molecule has 15 heavy (non-hydrogen) atoms. The first-order chi connectivity index (χ1) is 6.90. The number of nitrogens with zero attached hydrogens (tertiary/aromatic N) is 3. The Kier molecular flexibility index (Phi) is 2.79. The molecule has 0 bridgehead atoms. The van der Waals surface area contributed by atoms with Crippen LogP contribution in [-0.4, -0.2) is 66.2 Å². The lowest BCUT2D eigenvalue weighted by molar-refractivity contribution is 0.0299. The fourth-order valence-corrected chi connectivity index (χ4v) is 2.59. The molecule has 2 saturated heterocycles. The highest BCUT2D eigenvalue weighted by atomic mass is 15.5. The van der Waals surface area contributed by atoms with Crippen LogP contribution in [0.3, 0.4) is 0 Å². The summed E-state index contributed by atoms with van der Waals surface area (Å²) < 4.78 is 0. The quantitative estimate of drug-likeness (QED) is 0.652. The van der Waals surface area contributed by atoms with Gasteiger partial charge in [0.25, 0.3) is 0 Å². The molecule has 0 amide bonds. The van der Waals surface area contributed by atoms with Crippen molar-refractivity contribution in [1.29, 1.82) is 0 Å². The second-order valence-corrected chi connectivity index (χ2v) is 5.89. The second-order valence-electron chi connectivity index (χ2n) is 5.89. The highest BCUT2D eigenvalue weighted by molar-refractivity contribution is 4.99. The van der Waals surface area contributed by atoms with Crippen LogP contribution in [-0.2, 0) is 0 Å². The molecule has 0 aromatic heterocycles. The Hall–Kier alpha value is -0.160. The first-order valence-electron chi connectivity index (χ1n) is 5.83. The maximum Gasteiger partial charge on any atom is 0.0344 e. The average Bonchev–Trinajstić information content (AvgIpc) is 2.21. The lowest BCUT2D eigenvalue weighted by atomic mass is 9.97. The number of nitrogens with two attached hydrogens (primary N) is 1. The van der Waals surface area contributed by atoms with E-state index in [1.165, 1.54) is 19.5 Å². The van der Waals surface area contributed by atoms with E-state index in [4.69, 9.17) is 5.84 Å². The number of rotatable bonds is 2. The Labute approximate surface area is 93.0 Å². The molecule has 0 aliphatic carbocycles. The molecule has 1 atom stereocenters. The summed E-state index contributed by atoms with van der Waals surface area (Å²) in [6.45, 7) is 7.91. The Morgan fingerprint density at radius 3 is 2.20 bits per heavy atom. The van der Waals surface area contributed by atoms with Gasteiger partial charge in [0.15, 0.2) is 0 Å². The lowest BCUT2D eigenvalue weighted by Crippen LogP contribution is -2.61. The number of likely N-dealkylation sites (tertiary alicyclic amines) is 1. The average molecular weight is 212 g/mol. The molecule has 0 aromatic rings. The molecule has 2 fully saturated rings. The van der Waals surface area contributed by atoms with Crippen LogP contribution in [0.4, 0.5) is 0 Å². The van der Waals surface area contributed by atoms with E-state index in [-0.39, 0.29) is 5.54 Å². The first kappa shape index (κ1) is 11.3. The largest absolute Gasteiger partial charge is 0.304 e. The number of likely N-dealkylation sites (N-methyl/N-ethyl adjacent to an activating group) is 1. The van der Waals surface area contributed by atoms with E-state index >= 15 is 0 Å². The van der Waals surface area contributed by atoms with E-state index in [1.54, 1.807) is 0 Å². The fraction of sp³-hybridized carbons (Fsp3) is 1.00. The van der Waals surface area contributed by atoms with Gasteiger partial charge in [0, 0.05) is 37.3 Å². The second kappa shape index (κ2) is 3.70. The van der Waals surface area contributed by atoms with E-state index in [2.05, 4.69) is 37.7 Å². The van der Waals surface area contributed by atoms with Crippen LogP contribution in [0.2, 0.25) is 0 Å². The molecule has 2 rings (SSSR count). The fourth-order valence-electron chi connectivity index (χ4n) is 2.59. The summed E-state index contributed by atoms with van der Waals surface area (Å²) in [5, 5.41) is 2.00. The van der Waals surface area contributed by atoms with Gasteiger partial charge in [-0.3, -0.25) is 10.7 Å². The standard InChI is InChI=1S/C11H24N4/c1-11(2)5-9(8-15(11)12)14-6-10(7-14)13(3)4/h9-10H,5-8,12H2,1-4H3/t9-/m0/s1. The van der Waals surface area contributed by atoms with Crippen LogP contribution < -0.4 is 5.84 Å². The molecule has 2 heterocycles. The van der Waals surface area contributed by atoms with Gasteiger partial charge >= 0.3 is 0 Å². The predicted octanol–water partition coefficient (Wildman–Crippen LogP) is -0.0412. The summed E-state index contributed by atoms with van der Waals surface area (Å²) in [5.41, 5.74) is 0.174. The van der Waals surface area contributed by atoms with Gasteiger partial charge in [-0.2, -0.15) is 0 Å². The number of hydrogen-bond acceptors (Lipinski definition) is 4.